The zero-order valence-electron chi connectivity index (χ0n) is 14.2. The van der Waals surface area contributed by atoms with Crippen LogP contribution in [-0.4, -0.2) is 36.8 Å². The Balaban J connectivity index is 1.67. The van der Waals surface area contributed by atoms with Crippen LogP contribution in [0.15, 0.2) is 36.7 Å². The number of ketones is 1. The minimum absolute atomic E-state index is 0.0681. The fourth-order valence-corrected chi connectivity index (χ4v) is 3.11. The molecule has 0 spiro atoms. The largest absolute Gasteiger partial charge is 0.481 e. The number of aryl methyl sites for hydroxylation is 2. The lowest BCUT2D eigenvalue weighted by Gasteiger charge is -2.07. The van der Waals surface area contributed by atoms with Crippen molar-refractivity contribution in [2.45, 2.75) is 13.8 Å². The van der Waals surface area contributed by atoms with E-state index in [2.05, 4.69) is 15.3 Å². The van der Waals surface area contributed by atoms with E-state index in [-0.39, 0.29) is 12.4 Å². The highest BCUT2D eigenvalue weighted by Crippen LogP contribution is 2.26. The van der Waals surface area contributed by atoms with Crippen molar-refractivity contribution in [2.24, 2.45) is 7.05 Å². The number of hydrogen-bond acceptors (Lipinski definition) is 5. The lowest BCUT2D eigenvalue weighted by molar-refractivity contribution is 0.0923. The van der Waals surface area contributed by atoms with Gasteiger partial charge in [0.25, 0.3) is 0 Å². The van der Waals surface area contributed by atoms with Gasteiger partial charge < -0.3 is 9.30 Å². The van der Waals surface area contributed by atoms with Crippen LogP contribution < -0.4 is 4.74 Å². The van der Waals surface area contributed by atoms with Crippen LogP contribution >= 0.6 is 0 Å². The summed E-state index contributed by atoms with van der Waals surface area (Å²) in [6.45, 7) is 3.73. The maximum atomic E-state index is 12.8. The lowest BCUT2D eigenvalue weighted by atomic mass is 10.1. The van der Waals surface area contributed by atoms with Crippen molar-refractivity contribution >= 4 is 22.3 Å². The maximum absolute atomic E-state index is 12.8. The monoisotopic (exact) mass is 335 g/mol. The number of fused-ring (bicyclic) bond motifs is 2. The molecule has 4 aromatic rings. The van der Waals surface area contributed by atoms with Crippen molar-refractivity contribution in [3.05, 3.63) is 53.6 Å². The topological polar surface area (TPSA) is 74.3 Å². The Hall–Kier alpha value is -3.22. The average molecular weight is 335 g/mol. The summed E-state index contributed by atoms with van der Waals surface area (Å²) < 4.78 is 9.33. The van der Waals surface area contributed by atoms with Crippen LogP contribution in [-0.2, 0) is 7.05 Å². The molecule has 0 amide bonds. The number of para-hydroxylation sites is 1. The molecule has 0 saturated heterocycles. The van der Waals surface area contributed by atoms with Crippen LogP contribution in [0.25, 0.3) is 16.6 Å². The number of hydrogen-bond donors (Lipinski definition) is 0. The molecule has 0 saturated carbocycles. The number of carbonyl (C=O) groups excluding carboxylic acids is 1. The molecule has 0 radical (unpaired) electrons. The Bertz CT molecular complexity index is 1110. The third-order valence-electron chi connectivity index (χ3n) is 4.39. The summed E-state index contributed by atoms with van der Waals surface area (Å²) in [7, 11) is 1.96. The summed E-state index contributed by atoms with van der Waals surface area (Å²) in [5.74, 6) is 0.428. The first-order valence-corrected chi connectivity index (χ1v) is 7.94. The van der Waals surface area contributed by atoms with Gasteiger partial charge in [-0.15, -0.1) is 10.2 Å². The molecule has 7 heteroatoms. The van der Waals surface area contributed by atoms with Gasteiger partial charge in [0.15, 0.2) is 12.4 Å². The third-order valence-corrected chi connectivity index (χ3v) is 4.39. The SMILES string of the molecule is Cc1cc(OCC(=O)c2c(C)n(C)c3ccccc23)c2nncn2n1. The van der Waals surface area contributed by atoms with E-state index in [0.29, 0.717) is 17.0 Å². The second kappa shape index (κ2) is 5.70. The molecule has 0 aliphatic heterocycles. The van der Waals surface area contributed by atoms with E-state index in [1.165, 1.54) is 10.8 Å². The Morgan fingerprint density at radius 3 is 2.88 bits per heavy atom. The second-order valence-corrected chi connectivity index (χ2v) is 6.00. The summed E-state index contributed by atoms with van der Waals surface area (Å²) in [6.07, 6.45) is 1.51. The van der Waals surface area contributed by atoms with Gasteiger partial charge in [-0.3, -0.25) is 4.79 Å². The van der Waals surface area contributed by atoms with Crippen molar-refractivity contribution in [1.29, 1.82) is 0 Å². The van der Waals surface area contributed by atoms with Crippen LogP contribution in [0.1, 0.15) is 21.7 Å². The van der Waals surface area contributed by atoms with Gasteiger partial charge in [-0.25, -0.2) is 0 Å². The fraction of sp³-hybridized carbons (Fsp3) is 0.222. The first-order chi connectivity index (χ1) is 12.1. The first kappa shape index (κ1) is 15.3. The number of Topliss-reactive ketones (excluding diaryl/α,β-unsaturated/α-hetero) is 1. The van der Waals surface area contributed by atoms with Crippen LogP contribution in [0.3, 0.4) is 0 Å². The highest BCUT2D eigenvalue weighted by molar-refractivity contribution is 6.10. The van der Waals surface area contributed by atoms with Crippen LogP contribution in [0.2, 0.25) is 0 Å². The van der Waals surface area contributed by atoms with Gasteiger partial charge in [0.2, 0.25) is 11.4 Å². The standard InChI is InChI=1S/C18H17N5O2/c1-11-8-16(18-20-19-10-23(18)21-11)25-9-15(24)17-12(2)22(3)14-7-5-4-6-13(14)17/h4-8,10H,9H2,1-3H3. The second-order valence-electron chi connectivity index (χ2n) is 6.00. The number of benzene rings is 1. The summed E-state index contributed by atoms with van der Waals surface area (Å²) in [4.78, 5) is 12.8. The molecule has 3 heterocycles. The molecule has 1 aromatic carbocycles. The molecule has 7 nitrogen and oxygen atoms in total. The van der Waals surface area contributed by atoms with Gasteiger partial charge >= 0.3 is 0 Å². The molecule has 0 N–H and O–H groups in total. The van der Waals surface area contributed by atoms with Crippen molar-refractivity contribution in [3.8, 4) is 5.75 Å². The Morgan fingerprint density at radius 2 is 2.04 bits per heavy atom. The smallest absolute Gasteiger partial charge is 0.219 e. The molecule has 0 aliphatic carbocycles. The van der Waals surface area contributed by atoms with Gasteiger partial charge in [0.05, 0.1) is 5.69 Å². The minimum Gasteiger partial charge on any atom is -0.481 e. The summed E-state index contributed by atoms with van der Waals surface area (Å²) in [5.41, 5.74) is 3.90. The van der Waals surface area contributed by atoms with Crippen molar-refractivity contribution in [1.82, 2.24) is 24.4 Å². The normalized spacial score (nSPS) is 11.3. The molecule has 0 bridgehead atoms. The number of carbonyl (C=O) groups is 1. The van der Waals surface area contributed by atoms with Crippen LogP contribution in [0.4, 0.5) is 0 Å². The lowest BCUT2D eigenvalue weighted by Crippen LogP contribution is -2.14. The molecular formula is C18H17N5O2. The average Bonchev–Trinajstić information content (AvgIpc) is 3.16. The van der Waals surface area contributed by atoms with Gasteiger partial charge in [-0.1, -0.05) is 18.2 Å². The Morgan fingerprint density at radius 1 is 1.24 bits per heavy atom. The predicted molar refractivity (Wildman–Crippen MR) is 93.0 cm³/mol. The molecule has 4 rings (SSSR count). The molecule has 3 aromatic heterocycles. The highest BCUT2D eigenvalue weighted by Gasteiger charge is 2.19. The minimum atomic E-state index is -0.0686. The predicted octanol–water partition coefficient (Wildman–Crippen LogP) is 2.49. The van der Waals surface area contributed by atoms with E-state index >= 15 is 0 Å². The van der Waals surface area contributed by atoms with E-state index in [4.69, 9.17) is 4.74 Å². The van der Waals surface area contributed by atoms with E-state index in [9.17, 15) is 4.79 Å². The molecule has 25 heavy (non-hydrogen) atoms. The van der Waals surface area contributed by atoms with Gasteiger partial charge in [-0.2, -0.15) is 9.61 Å². The van der Waals surface area contributed by atoms with Crippen LogP contribution in [0.5, 0.6) is 5.75 Å². The first-order valence-electron chi connectivity index (χ1n) is 7.94. The quantitative estimate of drug-likeness (QED) is 0.536. The Kier molecular flexibility index (Phi) is 3.49. The zero-order chi connectivity index (χ0) is 17.6. The van der Waals surface area contributed by atoms with Crippen molar-refractivity contribution in [2.75, 3.05) is 6.61 Å². The molecule has 126 valence electrons. The summed E-state index contributed by atoms with van der Waals surface area (Å²) >= 11 is 0. The Labute approximate surface area is 143 Å². The van der Waals surface area contributed by atoms with Gasteiger partial charge in [0, 0.05) is 35.3 Å². The van der Waals surface area contributed by atoms with Crippen molar-refractivity contribution < 1.29 is 9.53 Å². The third kappa shape index (κ3) is 2.44. The van der Waals surface area contributed by atoms with Crippen LogP contribution in [0, 0.1) is 13.8 Å². The fourth-order valence-electron chi connectivity index (χ4n) is 3.11. The van der Waals surface area contributed by atoms with Crippen molar-refractivity contribution in [3.63, 3.8) is 0 Å². The number of ether oxygens (including phenoxy) is 1. The van der Waals surface area contributed by atoms with E-state index < -0.39 is 0 Å². The highest BCUT2D eigenvalue weighted by atomic mass is 16.5. The maximum Gasteiger partial charge on any atom is 0.219 e. The summed E-state index contributed by atoms with van der Waals surface area (Å²) in [5, 5.41) is 13.0. The van der Waals surface area contributed by atoms with E-state index in [1.807, 2.05) is 49.7 Å². The zero-order valence-corrected chi connectivity index (χ0v) is 14.2. The molecular weight excluding hydrogens is 318 g/mol. The van der Waals surface area contributed by atoms with E-state index in [1.54, 1.807) is 6.07 Å². The van der Waals surface area contributed by atoms with Gasteiger partial charge in [0.1, 0.15) is 6.33 Å². The number of aromatic nitrogens is 5. The van der Waals surface area contributed by atoms with E-state index in [0.717, 1.165) is 22.3 Å². The molecule has 0 unspecified atom stereocenters. The molecule has 0 fully saturated rings. The molecule has 0 atom stereocenters. The number of rotatable bonds is 4. The summed E-state index contributed by atoms with van der Waals surface area (Å²) in [6, 6.07) is 9.63. The van der Waals surface area contributed by atoms with Gasteiger partial charge in [-0.05, 0) is 19.9 Å². The number of nitrogens with zero attached hydrogens (tertiary/aromatic N) is 5. The molecule has 0 aliphatic rings.